The van der Waals surface area contributed by atoms with Crippen molar-refractivity contribution in [2.45, 2.75) is 13.8 Å². The van der Waals surface area contributed by atoms with Crippen LogP contribution in [0.5, 0.6) is 0 Å². The monoisotopic (exact) mass is 275 g/mol. The molecule has 3 aromatic rings. The van der Waals surface area contributed by atoms with E-state index >= 15 is 0 Å². The summed E-state index contributed by atoms with van der Waals surface area (Å²) in [5.74, 6) is 0.616. The Morgan fingerprint density at radius 3 is 2.52 bits per heavy atom. The van der Waals surface area contributed by atoms with Crippen molar-refractivity contribution in [1.29, 1.82) is 0 Å². The molecule has 1 heterocycles. The molecule has 1 aromatic heterocycles. The molecule has 0 aliphatic carbocycles. The summed E-state index contributed by atoms with van der Waals surface area (Å²) in [6.07, 6.45) is 1.78. The molecule has 0 amide bonds. The average Bonchev–Trinajstić information content (AvgIpc) is 2.52. The minimum atomic E-state index is 0.616. The number of benzene rings is 2. The first-order valence-corrected chi connectivity index (χ1v) is 6.95. The molecular formula is C18H17N3. The third-order valence-corrected chi connectivity index (χ3v) is 3.36. The van der Waals surface area contributed by atoms with Gasteiger partial charge in [-0.25, -0.2) is 9.97 Å². The zero-order chi connectivity index (χ0) is 14.7. The van der Waals surface area contributed by atoms with Crippen LogP contribution in [0.1, 0.15) is 11.1 Å². The summed E-state index contributed by atoms with van der Waals surface area (Å²) in [5.41, 5.74) is 5.43. The summed E-state index contributed by atoms with van der Waals surface area (Å²) in [7, 11) is 0. The fourth-order valence-electron chi connectivity index (χ4n) is 2.18. The van der Waals surface area contributed by atoms with Crippen LogP contribution < -0.4 is 5.32 Å². The molecule has 0 saturated carbocycles. The third kappa shape index (κ3) is 3.08. The molecule has 104 valence electrons. The second-order valence-electron chi connectivity index (χ2n) is 5.07. The summed E-state index contributed by atoms with van der Waals surface area (Å²) >= 11 is 0. The number of aromatic nitrogens is 2. The highest BCUT2D eigenvalue weighted by molar-refractivity contribution is 5.63. The first-order valence-electron chi connectivity index (χ1n) is 6.95. The Labute approximate surface area is 124 Å². The lowest BCUT2D eigenvalue weighted by molar-refractivity contribution is 1.16. The van der Waals surface area contributed by atoms with E-state index in [9.17, 15) is 0 Å². The predicted octanol–water partition coefficient (Wildman–Crippen LogP) is 4.50. The second-order valence-corrected chi connectivity index (χ2v) is 5.07. The van der Waals surface area contributed by atoms with Gasteiger partial charge in [0.05, 0.1) is 5.69 Å². The summed E-state index contributed by atoms with van der Waals surface area (Å²) in [6, 6.07) is 18.3. The van der Waals surface area contributed by atoms with Gasteiger partial charge in [-0.05, 0) is 37.1 Å². The van der Waals surface area contributed by atoms with Crippen LogP contribution >= 0.6 is 0 Å². The largest absolute Gasteiger partial charge is 0.324 e. The van der Waals surface area contributed by atoms with Gasteiger partial charge in [0.25, 0.3) is 0 Å². The summed E-state index contributed by atoms with van der Waals surface area (Å²) in [5, 5.41) is 3.30. The van der Waals surface area contributed by atoms with Crippen molar-refractivity contribution >= 4 is 11.6 Å². The van der Waals surface area contributed by atoms with Crippen molar-refractivity contribution in [3.63, 3.8) is 0 Å². The third-order valence-electron chi connectivity index (χ3n) is 3.36. The van der Waals surface area contributed by atoms with E-state index in [4.69, 9.17) is 0 Å². The maximum absolute atomic E-state index is 4.59. The zero-order valence-corrected chi connectivity index (χ0v) is 12.2. The lowest BCUT2D eigenvalue weighted by atomic mass is 10.1. The van der Waals surface area contributed by atoms with E-state index in [-0.39, 0.29) is 0 Å². The zero-order valence-electron chi connectivity index (χ0n) is 12.2. The van der Waals surface area contributed by atoms with Gasteiger partial charge in [0, 0.05) is 17.4 Å². The molecule has 0 unspecified atom stereocenters. The lowest BCUT2D eigenvalue weighted by Crippen LogP contribution is -1.99. The summed E-state index contributed by atoms with van der Waals surface area (Å²) in [6.45, 7) is 4.15. The van der Waals surface area contributed by atoms with Gasteiger partial charge in [-0.1, -0.05) is 42.5 Å². The molecule has 0 atom stereocenters. The summed E-state index contributed by atoms with van der Waals surface area (Å²) in [4.78, 5) is 8.90. The number of anilines is 2. The molecule has 3 heteroatoms. The highest BCUT2D eigenvalue weighted by Crippen LogP contribution is 2.22. The Balaban J connectivity index is 1.92. The fraction of sp³-hybridized carbons (Fsp3) is 0.111. The SMILES string of the molecule is Cc1ccc(C)c(Nc2nccc(-c3ccccc3)n2)c1. The molecule has 0 radical (unpaired) electrons. The van der Waals surface area contributed by atoms with Crippen LogP contribution in [-0.4, -0.2) is 9.97 Å². The van der Waals surface area contributed by atoms with E-state index in [1.165, 1.54) is 11.1 Å². The van der Waals surface area contributed by atoms with Gasteiger partial charge in [0.1, 0.15) is 0 Å². The maximum Gasteiger partial charge on any atom is 0.227 e. The molecule has 1 N–H and O–H groups in total. The standard InChI is InChI=1S/C18H17N3/c1-13-8-9-14(2)17(12-13)21-18-19-11-10-16(20-18)15-6-4-3-5-7-15/h3-12H,1-2H3,(H,19,20,21). The quantitative estimate of drug-likeness (QED) is 0.764. The number of nitrogens with zero attached hydrogens (tertiary/aromatic N) is 2. The van der Waals surface area contributed by atoms with Crippen molar-refractivity contribution in [3.8, 4) is 11.3 Å². The maximum atomic E-state index is 4.59. The van der Waals surface area contributed by atoms with Crippen molar-refractivity contribution in [2.75, 3.05) is 5.32 Å². The second kappa shape index (κ2) is 5.75. The van der Waals surface area contributed by atoms with Crippen LogP contribution in [0, 0.1) is 13.8 Å². The van der Waals surface area contributed by atoms with E-state index in [1.54, 1.807) is 6.20 Å². The molecule has 0 saturated heterocycles. The van der Waals surface area contributed by atoms with Gasteiger partial charge in [-0.3, -0.25) is 0 Å². The number of aryl methyl sites for hydroxylation is 2. The predicted molar refractivity (Wildman–Crippen MR) is 86.7 cm³/mol. The molecule has 0 bridgehead atoms. The number of hydrogen-bond acceptors (Lipinski definition) is 3. The Hall–Kier alpha value is -2.68. The molecule has 3 nitrogen and oxygen atoms in total. The van der Waals surface area contributed by atoms with Crippen molar-refractivity contribution < 1.29 is 0 Å². The molecule has 2 aromatic carbocycles. The average molecular weight is 275 g/mol. The molecule has 0 aliphatic heterocycles. The lowest BCUT2D eigenvalue weighted by Gasteiger charge is -2.10. The Morgan fingerprint density at radius 2 is 1.71 bits per heavy atom. The van der Waals surface area contributed by atoms with Crippen LogP contribution in [0.3, 0.4) is 0 Å². The van der Waals surface area contributed by atoms with Gasteiger partial charge >= 0.3 is 0 Å². The van der Waals surface area contributed by atoms with Crippen LogP contribution in [0.2, 0.25) is 0 Å². The highest BCUT2D eigenvalue weighted by Gasteiger charge is 2.04. The van der Waals surface area contributed by atoms with E-state index < -0.39 is 0 Å². The normalized spacial score (nSPS) is 10.4. The van der Waals surface area contributed by atoms with Crippen LogP contribution in [0.25, 0.3) is 11.3 Å². The van der Waals surface area contributed by atoms with Gasteiger partial charge in [-0.2, -0.15) is 0 Å². The number of hydrogen-bond donors (Lipinski definition) is 1. The Morgan fingerprint density at radius 1 is 0.905 bits per heavy atom. The van der Waals surface area contributed by atoms with Gasteiger partial charge < -0.3 is 5.32 Å². The molecule has 0 fully saturated rings. The van der Waals surface area contributed by atoms with Crippen LogP contribution in [0.15, 0.2) is 60.8 Å². The fourth-order valence-corrected chi connectivity index (χ4v) is 2.18. The van der Waals surface area contributed by atoms with Crippen LogP contribution in [0.4, 0.5) is 11.6 Å². The number of rotatable bonds is 3. The van der Waals surface area contributed by atoms with E-state index in [0.717, 1.165) is 16.9 Å². The summed E-state index contributed by atoms with van der Waals surface area (Å²) < 4.78 is 0. The van der Waals surface area contributed by atoms with Crippen molar-refractivity contribution in [3.05, 3.63) is 71.9 Å². The van der Waals surface area contributed by atoms with Gasteiger partial charge in [0.2, 0.25) is 5.95 Å². The molecular weight excluding hydrogens is 258 g/mol. The van der Waals surface area contributed by atoms with Crippen LogP contribution in [-0.2, 0) is 0 Å². The topological polar surface area (TPSA) is 37.8 Å². The number of nitrogens with one attached hydrogen (secondary N) is 1. The van der Waals surface area contributed by atoms with Gasteiger partial charge in [0.15, 0.2) is 0 Å². The first-order chi connectivity index (χ1) is 10.2. The van der Waals surface area contributed by atoms with E-state index in [1.807, 2.05) is 36.4 Å². The minimum absolute atomic E-state index is 0.616. The van der Waals surface area contributed by atoms with E-state index in [0.29, 0.717) is 5.95 Å². The Kier molecular flexibility index (Phi) is 3.65. The molecule has 0 aliphatic rings. The van der Waals surface area contributed by atoms with Crippen molar-refractivity contribution in [2.24, 2.45) is 0 Å². The highest BCUT2D eigenvalue weighted by atomic mass is 15.1. The molecule has 0 spiro atoms. The van der Waals surface area contributed by atoms with E-state index in [2.05, 4.69) is 47.3 Å². The van der Waals surface area contributed by atoms with Gasteiger partial charge in [-0.15, -0.1) is 0 Å². The smallest absolute Gasteiger partial charge is 0.227 e. The first kappa shape index (κ1) is 13.3. The minimum Gasteiger partial charge on any atom is -0.324 e. The van der Waals surface area contributed by atoms with Crippen molar-refractivity contribution in [1.82, 2.24) is 9.97 Å². The molecule has 3 rings (SSSR count). The Bertz CT molecular complexity index is 751. The molecule has 21 heavy (non-hydrogen) atoms.